The van der Waals surface area contributed by atoms with Crippen LogP contribution in [0.5, 0.6) is 0 Å². The summed E-state index contributed by atoms with van der Waals surface area (Å²) in [5, 5.41) is 2.70. The topological polar surface area (TPSA) is 0 Å². The van der Waals surface area contributed by atoms with Crippen molar-refractivity contribution in [2.45, 2.75) is 0 Å². The highest BCUT2D eigenvalue weighted by molar-refractivity contribution is 7.10. The van der Waals surface area contributed by atoms with Crippen LogP contribution in [-0.2, 0) is 0 Å². The Bertz CT molecular complexity index is 197. The van der Waals surface area contributed by atoms with Crippen molar-refractivity contribution in [3.8, 4) is 0 Å². The molecule has 0 saturated heterocycles. The molecule has 3 heteroatoms. The summed E-state index contributed by atoms with van der Waals surface area (Å²) in [6.07, 6.45) is -0.841. The minimum absolute atomic E-state index is 0.537. The van der Waals surface area contributed by atoms with Crippen molar-refractivity contribution in [3.63, 3.8) is 0 Å². The lowest BCUT2D eigenvalue weighted by Gasteiger charge is -1.77. The van der Waals surface area contributed by atoms with Gasteiger partial charge >= 0.3 is 0 Å². The van der Waals surface area contributed by atoms with Gasteiger partial charge in [-0.1, -0.05) is 0 Å². The Labute approximate surface area is 55.4 Å². The van der Waals surface area contributed by atoms with Crippen LogP contribution in [0.3, 0.4) is 0 Å². The predicted molar refractivity (Wildman–Crippen MR) is 33.3 cm³/mol. The first-order valence-electron chi connectivity index (χ1n) is 2.27. The molecule has 0 N–H and O–H groups in total. The Morgan fingerprint density at radius 1 is 1.67 bits per heavy atom. The molecule has 0 fully saturated rings. The van der Waals surface area contributed by atoms with E-state index in [1.165, 1.54) is 11.3 Å². The average Bonchev–Trinajstić information content (AvgIpc) is 2.15. The molecular formula is C6H3F2S. The van der Waals surface area contributed by atoms with Crippen LogP contribution in [0.25, 0.3) is 6.08 Å². The zero-order chi connectivity index (χ0) is 6.69. The molecule has 1 aromatic heterocycles. The molecule has 0 spiro atoms. The summed E-state index contributed by atoms with van der Waals surface area (Å²) in [5.41, 5.74) is 0. The van der Waals surface area contributed by atoms with Crippen molar-refractivity contribution >= 4 is 17.4 Å². The second-order valence-electron chi connectivity index (χ2n) is 1.39. The monoisotopic (exact) mass is 145 g/mol. The van der Waals surface area contributed by atoms with Gasteiger partial charge in [-0.2, -0.15) is 8.78 Å². The Morgan fingerprint density at radius 3 is 2.89 bits per heavy atom. The molecule has 1 rings (SSSR count). The fraction of sp³-hybridized carbons (Fsp3) is 0. The highest BCUT2D eigenvalue weighted by Crippen LogP contribution is 2.13. The van der Waals surface area contributed by atoms with Gasteiger partial charge in [0.2, 0.25) is 0 Å². The molecule has 9 heavy (non-hydrogen) atoms. The number of hydrogen-bond donors (Lipinski definition) is 0. The highest BCUT2D eigenvalue weighted by atomic mass is 32.1. The number of thiophene rings is 1. The maximum absolute atomic E-state index is 11.5. The summed E-state index contributed by atoms with van der Waals surface area (Å²) < 4.78 is 22.9. The van der Waals surface area contributed by atoms with Crippen molar-refractivity contribution in [3.05, 3.63) is 28.5 Å². The maximum atomic E-state index is 11.5. The molecular weight excluding hydrogens is 142 g/mol. The molecule has 0 amide bonds. The SMILES string of the molecule is FC(F)=Cc1cc[c]s1. The lowest BCUT2D eigenvalue weighted by Crippen LogP contribution is -1.56. The fourth-order valence-electron chi connectivity index (χ4n) is 0.437. The minimum atomic E-state index is -1.66. The molecule has 1 aromatic rings. The number of rotatable bonds is 1. The molecule has 0 unspecified atom stereocenters. The Balaban J connectivity index is 2.80. The van der Waals surface area contributed by atoms with E-state index >= 15 is 0 Å². The van der Waals surface area contributed by atoms with Crippen LogP contribution >= 0.6 is 11.3 Å². The van der Waals surface area contributed by atoms with E-state index in [-0.39, 0.29) is 0 Å². The Hall–Kier alpha value is -0.700. The largest absolute Gasteiger partial charge is 0.271 e. The molecule has 1 radical (unpaired) electrons. The van der Waals surface area contributed by atoms with Gasteiger partial charge in [0.1, 0.15) is 0 Å². The molecule has 0 aliphatic carbocycles. The summed E-state index contributed by atoms with van der Waals surface area (Å²) in [4.78, 5) is 0.537. The van der Waals surface area contributed by atoms with Crippen LogP contribution in [0.2, 0.25) is 0 Å². The summed E-state index contributed by atoms with van der Waals surface area (Å²) in [6, 6.07) is 3.20. The molecule has 0 aromatic carbocycles. The smallest absolute Gasteiger partial charge is 0.173 e. The first-order valence-corrected chi connectivity index (χ1v) is 3.09. The zero-order valence-corrected chi connectivity index (χ0v) is 5.21. The third kappa shape index (κ3) is 1.93. The molecule has 0 aliphatic rings. The van der Waals surface area contributed by atoms with Crippen molar-refractivity contribution in [2.75, 3.05) is 0 Å². The summed E-state index contributed by atoms with van der Waals surface area (Å²) >= 11 is 1.17. The molecule has 0 bridgehead atoms. The van der Waals surface area contributed by atoms with Crippen LogP contribution in [-0.4, -0.2) is 0 Å². The number of halogens is 2. The van der Waals surface area contributed by atoms with Crippen LogP contribution in [0, 0.1) is 5.38 Å². The van der Waals surface area contributed by atoms with Crippen LogP contribution < -0.4 is 0 Å². The number of hydrogen-bond acceptors (Lipinski definition) is 1. The van der Waals surface area contributed by atoms with Gasteiger partial charge in [-0.3, -0.25) is 0 Å². The zero-order valence-electron chi connectivity index (χ0n) is 4.40. The summed E-state index contributed by atoms with van der Waals surface area (Å²) in [7, 11) is 0. The van der Waals surface area contributed by atoms with Crippen molar-refractivity contribution in [1.82, 2.24) is 0 Å². The van der Waals surface area contributed by atoms with E-state index < -0.39 is 6.08 Å². The van der Waals surface area contributed by atoms with Gasteiger partial charge in [0.25, 0.3) is 6.08 Å². The third-order valence-electron chi connectivity index (χ3n) is 0.744. The summed E-state index contributed by atoms with van der Waals surface area (Å²) in [6.45, 7) is 0. The van der Waals surface area contributed by atoms with Gasteiger partial charge in [-0.05, 0) is 12.1 Å². The van der Waals surface area contributed by atoms with Crippen molar-refractivity contribution in [1.29, 1.82) is 0 Å². The summed E-state index contributed by atoms with van der Waals surface area (Å²) in [5.74, 6) is 0. The van der Waals surface area contributed by atoms with Gasteiger partial charge in [0, 0.05) is 16.3 Å². The quantitative estimate of drug-likeness (QED) is 0.570. The van der Waals surface area contributed by atoms with Crippen LogP contribution in [0.15, 0.2) is 18.2 Å². The maximum Gasteiger partial charge on any atom is 0.271 e. The first kappa shape index (κ1) is 6.42. The van der Waals surface area contributed by atoms with Crippen LogP contribution in [0.1, 0.15) is 4.88 Å². The molecule has 0 aliphatic heterocycles. The average molecular weight is 145 g/mol. The highest BCUT2D eigenvalue weighted by Gasteiger charge is 1.90. The molecule has 47 valence electrons. The van der Waals surface area contributed by atoms with E-state index in [1.807, 2.05) is 0 Å². The van der Waals surface area contributed by atoms with E-state index in [2.05, 4.69) is 5.38 Å². The minimum Gasteiger partial charge on any atom is -0.173 e. The van der Waals surface area contributed by atoms with E-state index in [1.54, 1.807) is 12.1 Å². The molecule has 0 nitrogen and oxygen atoms in total. The lowest BCUT2D eigenvalue weighted by atomic mass is 10.5. The van der Waals surface area contributed by atoms with Crippen molar-refractivity contribution in [2.24, 2.45) is 0 Å². The van der Waals surface area contributed by atoms with Crippen molar-refractivity contribution < 1.29 is 8.78 Å². The Morgan fingerprint density at radius 2 is 2.44 bits per heavy atom. The second kappa shape index (κ2) is 2.73. The van der Waals surface area contributed by atoms with Gasteiger partial charge in [-0.25, -0.2) is 0 Å². The lowest BCUT2D eigenvalue weighted by molar-refractivity contribution is 0.429. The molecule has 0 saturated carbocycles. The molecule has 0 atom stereocenters. The molecule has 1 heterocycles. The standard InChI is InChI=1S/C6H3F2S/c7-6(8)4-5-2-1-3-9-5/h1-2,4H. The Kier molecular flexibility index (Phi) is 1.95. The first-order chi connectivity index (χ1) is 4.29. The fourth-order valence-corrected chi connectivity index (χ4v) is 0.994. The van der Waals surface area contributed by atoms with E-state index in [0.717, 1.165) is 6.08 Å². The predicted octanol–water partition coefficient (Wildman–Crippen LogP) is 2.79. The van der Waals surface area contributed by atoms with Crippen LogP contribution in [0.4, 0.5) is 8.78 Å². The second-order valence-corrected chi connectivity index (χ2v) is 2.30. The van der Waals surface area contributed by atoms with E-state index in [4.69, 9.17) is 0 Å². The van der Waals surface area contributed by atoms with Gasteiger partial charge in [0.05, 0.1) is 0 Å². The van der Waals surface area contributed by atoms with E-state index in [0.29, 0.717) is 4.88 Å². The van der Waals surface area contributed by atoms with Gasteiger partial charge < -0.3 is 0 Å². The van der Waals surface area contributed by atoms with Gasteiger partial charge in [-0.15, -0.1) is 11.3 Å². The van der Waals surface area contributed by atoms with Gasteiger partial charge in [0.15, 0.2) is 0 Å². The van der Waals surface area contributed by atoms with E-state index in [9.17, 15) is 8.78 Å². The third-order valence-corrected chi connectivity index (χ3v) is 1.49. The normalized spacial score (nSPS) is 9.11.